The van der Waals surface area contributed by atoms with E-state index in [0.29, 0.717) is 24.3 Å². The van der Waals surface area contributed by atoms with Gasteiger partial charge in [0.05, 0.1) is 6.54 Å². The van der Waals surface area contributed by atoms with Crippen molar-refractivity contribution in [2.75, 3.05) is 33.7 Å². The van der Waals surface area contributed by atoms with Crippen molar-refractivity contribution in [3.63, 3.8) is 0 Å². The molecule has 4 N–H and O–H groups in total. The van der Waals surface area contributed by atoms with E-state index in [-0.39, 0.29) is 18.5 Å². The van der Waals surface area contributed by atoms with Crippen LogP contribution in [0.5, 0.6) is 0 Å². The van der Waals surface area contributed by atoms with Crippen LogP contribution in [0.2, 0.25) is 0 Å². The molecule has 1 aromatic rings. The normalized spacial score (nSPS) is 9.29. The lowest BCUT2D eigenvalue weighted by molar-refractivity contribution is 0.0948. The summed E-state index contributed by atoms with van der Waals surface area (Å²) in [6.45, 7) is 0.957. The van der Waals surface area contributed by atoms with Gasteiger partial charge in [0.2, 0.25) is 0 Å². The van der Waals surface area contributed by atoms with E-state index < -0.39 is 0 Å². The highest BCUT2D eigenvalue weighted by Gasteiger charge is 2.06. The van der Waals surface area contributed by atoms with E-state index in [1.807, 2.05) is 0 Å². The maximum absolute atomic E-state index is 11.8. The van der Waals surface area contributed by atoms with E-state index in [0.717, 1.165) is 0 Å². The van der Waals surface area contributed by atoms with Crippen molar-refractivity contribution < 1.29 is 9.59 Å². The molecule has 0 aliphatic rings. The second-order valence-electron chi connectivity index (χ2n) is 4.32. The molecular weight excluding hydrogens is 270 g/mol. The molecule has 1 heterocycles. The van der Waals surface area contributed by atoms with Crippen LogP contribution in [0, 0.1) is 11.8 Å². The summed E-state index contributed by atoms with van der Waals surface area (Å²) in [7, 11) is 3.29. The number of nitrogens with one attached hydrogen (secondary N) is 2. The molecule has 0 saturated carbocycles. The Kier molecular flexibility index (Phi) is 6.71. The average Bonchev–Trinajstić information content (AvgIpc) is 2.49. The quantitative estimate of drug-likeness (QED) is 0.508. The summed E-state index contributed by atoms with van der Waals surface area (Å²) in [5.41, 5.74) is 6.27. The van der Waals surface area contributed by atoms with E-state index in [1.165, 1.54) is 11.1 Å². The molecule has 0 aromatic carbocycles. The molecule has 112 valence electrons. The highest BCUT2D eigenvalue weighted by atomic mass is 16.2. The van der Waals surface area contributed by atoms with Gasteiger partial charge in [0.15, 0.2) is 0 Å². The first-order valence-electron chi connectivity index (χ1n) is 6.43. The van der Waals surface area contributed by atoms with E-state index in [9.17, 15) is 9.59 Å². The Balaban J connectivity index is 2.40. The molecular formula is C14H19N5O2. The smallest absolute Gasteiger partial charge is 0.316 e. The monoisotopic (exact) mass is 289 g/mol. The highest BCUT2D eigenvalue weighted by molar-refractivity contribution is 5.92. The SMILES string of the molecule is CN(C)C(=O)NCCNC(=O)c1ccc(C#CCN)cn1. The van der Waals surface area contributed by atoms with Gasteiger partial charge in [-0.15, -0.1) is 0 Å². The zero-order valence-electron chi connectivity index (χ0n) is 12.1. The van der Waals surface area contributed by atoms with Crippen molar-refractivity contribution in [3.8, 4) is 11.8 Å². The lowest BCUT2D eigenvalue weighted by atomic mass is 10.2. The second-order valence-corrected chi connectivity index (χ2v) is 4.32. The van der Waals surface area contributed by atoms with Gasteiger partial charge >= 0.3 is 6.03 Å². The molecule has 0 aliphatic carbocycles. The number of carbonyl (C=O) groups is 2. The van der Waals surface area contributed by atoms with Crippen LogP contribution < -0.4 is 16.4 Å². The van der Waals surface area contributed by atoms with Gasteiger partial charge in [0, 0.05) is 38.9 Å². The first-order chi connectivity index (χ1) is 10.0. The van der Waals surface area contributed by atoms with Crippen molar-refractivity contribution in [2.24, 2.45) is 5.73 Å². The number of carbonyl (C=O) groups excluding carboxylic acids is 2. The summed E-state index contributed by atoms with van der Waals surface area (Å²) in [6, 6.07) is 3.09. The van der Waals surface area contributed by atoms with Crippen molar-refractivity contribution in [1.82, 2.24) is 20.5 Å². The predicted octanol–water partition coefficient (Wildman–Crippen LogP) is -0.607. The number of amides is 3. The lowest BCUT2D eigenvalue weighted by Gasteiger charge is -2.12. The van der Waals surface area contributed by atoms with Gasteiger partial charge in [-0.1, -0.05) is 11.8 Å². The minimum atomic E-state index is -0.299. The standard InChI is InChI=1S/C14H19N5O2/c1-19(2)14(21)17-9-8-16-13(20)12-6-5-11(10-18-12)4-3-7-15/h5-6,10H,7-9,15H2,1-2H3,(H,16,20)(H,17,21). The number of nitrogens with two attached hydrogens (primary N) is 1. The van der Waals surface area contributed by atoms with Gasteiger partial charge in [-0.3, -0.25) is 4.79 Å². The van der Waals surface area contributed by atoms with Gasteiger partial charge < -0.3 is 21.3 Å². The van der Waals surface area contributed by atoms with E-state index in [4.69, 9.17) is 5.73 Å². The summed E-state index contributed by atoms with van der Waals surface area (Å²) in [5.74, 6) is 5.23. The molecule has 0 fully saturated rings. The summed E-state index contributed by atoms with van der Waals surface area (Å²) in [5, 5.41) is 5.31. The first kappa shape index (κ1) is 16.5. The Morgan fingerprint density at radius 2 is 2.00 bits per heavy atom. The minimum absolute atomic E-state index is 0.204. The highest BCUT2D eigenvalue weighted by Crippen LogP contribution is 1.98. The Hall–Kier alpha value is -2.59. The van der Waals surface area contributed by atoms with Crippen LogP contribution in [-0.2, 0) is 0 Å². The van der Waals surface area contributed by atoms with Crippen molar-refractivity contribution in [2.45, 2.75) is 0 Å². The molecule has 1 rings (SSSR count). The van der Waals surface area contributed by atoms with E-state index >= 15 is 0 Å². The van der Waals surface area contributed by atoms with E-state index in [1.54, 1.807) is 26.2 Å². The molecule has 0 atom stereocenters. The average molecular weight is 289 g/mol. The molecule has 0 unspecified atom stereocenters. The molecule has 0 bridgehead atoms. The summed E-state index contributed by atoms with van der Waals surface area (Å²) < 4.78 is 0. The van der Waals surface area contributed by atoms with E-state index in [2.05, 4.69) is 27.5 Å². The zero-order valence-corrected chi connectivity index (χ0v) is 12.1. The third kappa shape index (κ3) is 5.93. The Morgan fingerprint density at radius 1 is 1.29 bits per heavy atom. The Morgan fingerprint density at radius 3 is 2.57 bits per heavy atom. The molecule has 0 aliphatic heterocycles. The molecule has 21 heavy (non-hydrogen) atoms. The van der Waals surface area contributed by atoms with Crippen LogP contribution in [0.4, 0.5) is 4.79 Å². The third-order valence-corrected chi connectivity index (χ3v) is 2.42. The van der Waals surface area contributed by atoms with Gasteiger partial charge in [0.1, 0.15) is 5.69 Å². The summed E-state index contributed by atoms with van der Waals surface area (Å²) in [4.78, 5) is 28.5. The van der Waals surface area contributed by atoms with Crippen LogP contribution in [0.1, 0.15) is 16.1 Å². The molecule has 3 amide bonds. The van der Waals surface area contributed by atoms with Gasteiger partial charge in [-0.2, -0.15) is 0 Å². The molecule has 7 nitrogen and oxygen atoms in total. The fourth-order valence-electron chi connectivity index (χ4n) is 1.35. The van der Waals surface area contributed by atoms with Crippen LogP contribution >= 0.6 is 0 Å². The zero-order chi connectivity index (χ0) is 15.7. The number of nitrogens with zero attached hydrogens (tertiary/aromatic N) is 2. The molecule has 1 aromatic heterocycles. The molecule has 0 spiro atoms. The van der Waals surface area contributed by atoms with Gasteiger partial charge in [-0.05, 0) is 12.1 Å². The Labute approximate surface area is 123 Å². The minimum Gasteiger partial charge on any atom is -0.349 e. The van der Waals surface area contributed by atoms with Crippen molar-refractivity contribution in [3.05, 3.63) is 29.6 Å². The third-order valence-electron chi connectivity index (χ3n) is 2.42. The van der Waals surface area contributed by atoms with Crippen LogP contribution in [-0.4, -0.2) is 55.6 Å². The van der Waals surface area contributed by atoms with Crippen LogP contribution in [0.25, 0.3) is 0 Å². The maximum Gasteiger partial charge on any atom is 0.316 e. The lowest BCUT2D eigenvalue weighted by Crippen LogP contribution is -2.39. The number of aromatic nitrogens is 1. The van der Waals surface area contributed by atoms with Gasteiger partial charge in [0.25, 0.3) is 5.91 Å². The number of rotatable bonds is 4. The van der Waals surface area contributed by atoms with Crippen molar-refractivity contribution in [1.29, 1.82) is 0 Å². The summed E-state index contributed by atoms with van der Waals surface area (Å²) in [6.07, 6.45) is 1.52. The Bertz CT molecular complexity index is 543. The topological polar surface area (TPSA) is 100 Å². The van der Waals surface area contributed by atoms with Gasteiger partial charge in [-0.25, -0.2) is 9.78 Å². The van der Waals surface area contributed by atoms with Crippen molar-refractivity contribution >= 4 is 11.9 Å². The maximum atomic E-state index is 11.8. The number of pyridine rings is 1. The summed E-state index contributed by atoms with van der Waals surface area (Å²) >= 11 is 0. The second kappa shape index (κ2) is 8.55. The fraction of sp³-hybridized carbons (Fsp3) is 0.357. The predicted molar refractivity (Wildman–Crippen MR) is 79.6 cm³/mol. The van der Waals surface area contributed by atoms with Crippen LogP contribution in [0.3, 0.4) is 0 Å². The number of hydrogen-bond acceptors (Lipinski definition) is 4. The molecule has 7 heteroatoms. The number of urea groups is 1. The molecule has 0 radical (unpaired) electrons. The largest absolute Gasteiger partial charge is 0.349 e. The van der Waals surface area contributed by atoms with Crippen LogP contribution in [0.15, 0.2) is 18.3 Å². The molecule has 0 saturated heterocycles. The first-order valence-corrected chi connectivity index (χ1v) is 6.43. The fourth-order valence-corrected chi connectivity index (χ4v) is 1.35. The number of hydrogen-bond donors (Lipinski definition) is 3.